The summed E-state index contributed by atoms with van der Waals surface area (Å²) in [7, 11) is 0. The van der Waals surface area contributed by atoms with Gasteiger partial charge in [-0.2, -0.15) is 12.6 Å². The molecule has 0 saturated carbocycles. The van der Waals surface area contributed by atoms with Gasteiger partial charge < -0.3 is 16.2 Å². The van der Waals surface area contributed by atoms with Crippen LogP contribution >= 0.6 is 12.6 Å². The van der Waals surface area contributed by atoms with Crippen molar-refractivity contribution in [3.63, 3.8) is 0 Å². The van der Waals surface area contributed by atoms with Crippen molar-refractivity contribution in [2.45, 2.75) is 32.8 Å². The second-order valence-electron chi connectivity index (χ2n) is 4.36. The molecule has 17 heavy (non-hydrogen) atoms. The SMILES string of the molecule is CC(CCC(C)C(=O)NCC(O)CS)C(N)=O. The van der Waals surface area contributed by atoms with E-state index in [1.807, 2.05) is 0 Å². The fourth-order valence-electron chi connectivity index (χ4n) is 1.23. The van der Waals surface area contributed by atoms with E-state index in [0.717, 1.165) is 0 Å². The van der Waals surface area contributed by atoms with Gasteiger partial charge in [0.25, 0.3) is 0 Å². The summed E-state index contributed by atoms with van der Waals surface area (Å²) in [4.78, 5) is 22.4. The second-order valence-corrected chi connectivity index (χ2v) is 4.73. The molecule has 0 radical (unpaired) electrons. The summed E-state index contributed by atoms with van der Waals surface area (Å²) < 4.78 is 0. The van der Waals surface area contributed by atoms with Gasteiger partial charge in [-0.05, 0) is 12.8 Å². The second kappa shape index (κ2) is 8.36. The van der Waals surface area contributed by atoms with Crippen LogP contribution in [0.1, 0.15) is 26.7 Å². The van der Waals surface area contributed by atoms with E-state index in [2.05, 4.69) is 17.9 Å². The zero-order valence-electron chi connectivity index (χ0n) is 10.3. The molecule has 0 saturated heterocycles. The largest absolute Gasteiger partial charge is 0.390 e. The number of aliphatic hydroxyl groups is 1. The standard InChI is InChI=1S/C11H22N2O3S/c1-7(10(12)15)3-4-8(2)11(16)13-5-9(14)6-17/h7-9,14,17H,3-6H2,1-2H3,(H2,12,15)(H,13,16). The summed E-state index contributed by atoms with van der Waals surface area (Å²) >= 11 is 3.91. The predicted molar refractivity (Wildman–Crippen MR) is 69.6 cm³/mol. The van der Waals surface area contributed by atoms with E-state index in [1.165, 1.54) is 0 Å². The normalized spacial score (nSPS) is 16.0. The smallest absolute Gasteiger partial charge is 0.222 e. The molecule has 6 heteroatoms. The van der Waals surface area contributed by atoms with Crippen LogP contribution in [0, 0.1) is 11.8 Å². The molecule has 0 aliphatic carbocycles. The van der Waals surface area contributed by atoms with Crippen molar-refractivity contribution < 1.29 is 14.7 Å². The van der Waals surface area contributed by atoms with Gasteiger partial charge in [0.1, 0.15) is 0 Å². The highest BCUT2D eigenvalue weighted by molar-refractivity contribution is 7.80. The number of nitrogens with two attached hydrogens (primary N) is 1. The van der Waals surface area contributed by atoms with Crippen LogP contribution in [-0.2, 0) is 9.59 Å². The third-order valence-corrected chi connectivity index (χ3v) is 3.11. The van der Waals surface area contributed by atoms with Crippen LogP contribution in [0.3, 0.4) is 0 Å². The zero-order chi connectivity index (χ0) is 13.4. The van der Waals surface area contributed by atoms with E-state index < -0.39 is 6.10 Å². The van der Waals surface area contributed by atoms with Crippen LogP contribution < -0.4 is 11.1 Å². The molecule has 0 aliphatic heterocycles. The van der Waals surface area contributed by atoms with Gasteiger partial charge in [-0.15, -0.1) is 0 Å². The minimum absolute atomic E-state index is 0.123. The molecule has 0 aromatic carbocycles. The van der Waals surface area contributed by atoms with E-state index in [9.17, 15) is 14.7 Å². The lowest BCUT2D eigenvalue weighted by atomic mass is 9.97. The van der Waals surface area contributed by atoms with E-state index >= 15 is 0 Å². The number of nitrogens with one attached hydrogen (secondary N) is 1. The Hall–Kier alpha value is -0.750. The van der Waals surface area contributed by atoms with Crippen molar-refractivity contribution in [1.82, 2.24) is 5.32 Å². The van der Waals surface area contributed by atoms with Gasteiger partial charge >= 0.3 is 0 Å². The number of amides is 2. The highest BCUT2D eigenvalue weighted by atomic mass is 32.1. The van der Waals surface area contributed by atoms with Crippen LogP contribution in [0.4, 0.5) is 0 Å². The van der Waals surface area contributed by atoms with E-state index in [0.29, 0.717) is 18.6 Å². The first-order valence-corrected chi connectivity index (χ1v) is 6.37. The van der Waals surface area contributed by atoms with E-state index in [4.69, 9.17) is 5.73 Å². The lowest BCUT2D eigenvalue weighted by Gasteiger charge is -2.15. The third kappa shape index (κ3) is 7.23. The van der Waals surface area contributed by atoms with Crippen molar-refractivity contribution >= 4 is 24.4 Å². The van der Waals surface area contributed by atoms with Gasteiger partial charge in [0, 0.05) is 24.1 Å². The van der Waals surface area contributed by atoms with Crippen LogP contribution in [0.2, 0.25) is 0 Å². The molecule has 0 spiro atoms. The van der Waals surface area contributed by atoms with Crippen LogP contribution in [0.25, 0.3) is 0 Å². The molecule has 0 aromatic rings. The Balaban J connectivity index is 3.86. The Bertz CT molecular complexity index is 261. The number of rotatable bonds is 8. The maximum atomic E-state index is 11.6. The van der Waals surface area contributed by atoms with Crippen LogP contribution in [0.5, 0.6) is 0 Å². The summed E-state index contributed by atoms with van der Waals surface area (Å²) in [5.74, 6) is -0.560. The van der Waals surface area contributed by atoms with Gasteiger partial charge in [-0.3, -0.25) is 9.59 Å². The minimum Gasteiger partial charge on any atom is -0.390 e. The summed E-state index contributed by atoms with van der Waals surface area (Å²) in [6.45, 7) is 3.74. The van der Waals surface area contributed by atoms with Crippen molar-refractivity contribution in [2.75, 3.05) is 12.3 Å². The van der Waals surface area contributed by atoms with Gasteiger partial charge in [0.2, 0.25) is 11.8 Å². The fourth-order valence-corrected chi connectivity index (χ4v) is 1.36. The number of aliphatic hydroxyl groups excluding tert-OH is 1. The average Bonchev–Trinajstić information content (AvgIpc) is 2.31. The number of hydrogen-bond donors (Lipinski definition) is 4. The predicted octanol–water partition coefficient (Wildman–Crippen LogP) is -0.0690. The number of carbonyl (C=O) groups excluding carboxylic acids is 2. The quantitative estimate of drug-likeness (QED) is 0.461. The fraction of sp³-hybridized carbons (Fsp3) is 0.818. The van der Waals surface area contributed by atoms with E-state index in [-0.39, 0.29) is 30.2 Å². The van der Waals surface area contributed by atoms with Gasteiger partial charge in [-0.25, -0.2) is 0 Å². The molecule has 0 aromatic heterocycles. The van der Waals surface area contributed by atoms with Crippen LogP contribution in [0.15, 0.2) is 0 Å². The third-order valence-electron chi connectivity index (χ3n) is 2.69. The highest BCUT2D eigenvalue weighted by Gasteiger charge is 2.16. The minimum atomic E-state index is -0.626. The van der Waals surface area contributed by atoms with Crippen molar-refractivity contribution in [2.24, 2.45) is 17.6 Å². The van der Waals surface area contributed by atoms with Gasteiger partial charge in [-0.1, -0.05) is 13.8 Å². The molecule has 3 unspecified atom stereocenters. The Morgan fingerprint density at radius 3 is 2.29 bits per heavy atom. The van der Waals surface area contributed by atoms with Gasteiger partial charge in [0.05, 0.1) is 6.10 Å². The number of carbonyl (C=O) groups is 2. The summed E-state index contributed by atoms with van der Waals surface area (Å²) in [5, 5.41) is 11.9. The number of primary amides is 1. The lowest BCUT2D eigenvalue weighted by molar-refractivity contribution is -0.126. The summed E-state index contributed by atoms with van der Waals surface area (Å²) in [5.41, 5.74) is 5.13. The molecule has 0 fully saturated rings. The Morgan fingerprint density at radius 1 is 1.29 bits per heavy atom. The molecule has 2 amide bonds. The maximum Gasteiger partial charge on any atom is 0.222 e. The molecule has 0 bridgehead atoms. The van der Waals surface area contributed by atoms with Crippen molar-refractivity contribution in [1.29, 1.82) is 0 Å². The Labute approximate surface area is 108 Å². The van der Waals surface area contributed by atoms with E-state index in [1.54, 1.807) is 13.8 Å². The molecule has 0 aliphatic rings. The molecule has 0 rings (SSSR count). The summed E-state index contributed by atoms with van der Waals surface area (Å²) in [6.07, 6.45) is 0.574. The van der Waals surface area contributed by atoms with Crippen molar-refractivity contribution in [3.05, 3.63) is 0 Å². The van der Waals surface area contributed by atoms with Crippen LogP contribution in [-0.4, -0.2) is 35.3 Å². The molecule has 0 heterocycles. The molecule has 5 nitrogen and oxygen atoms in total. The zero-order valence-corrected chi connectivity index (χ0v) is 11.2. The lowest BCUT2D eigenvalue weighted by Crippen LogP contribution is -2.36. The van der Waals surface area contributed by atoms with Crippen molar-refractivity contribution in [3.8, 4) is 0 Å². The first-order valence-electron chi connectivity index (χ1n) is 5.74. The first-order chi connectivity index (χ1) is 7.88. The van der Waals surface area contributed by atoms with Gasteiger partial charge in [0.15, 0.2) is 0 Å². The molecule has 3 atom stereocenters. The molecule has 4 N–H and O–H groups in total. The average molecular weight is 262 g/mol. The molecular formula is C11H22N2O3S. The first kappa shape index (κ1) is 16.2. The topological polar surface area (TPSA) is 92.4 Å². The number of hydrogen-bond acceptors (Lipinski definition) is 4. The maximum absolute atomic E-state index is 11.6. The Morgan fingerprint density at radius 2 is 1.82 bits per heavy atom. The highest BCUT2D eigenvalue weighted by Crippen LogP contribution is 2.12. The monoisotopic (exact) mass is 262 g/mol. The molecule has 100 valence electrons. The number of thiol groups is 1. The molecular weight excluding hydrogens is 240 g/mol. The summed E-state index contributed by atoms with van der Waals surface area (Å²) in [6, 6.07) is 0. The Kier molecular flexibility index (Phi) is 7.99.